The number of rotatable bonds is 5. The van der Waals surface area contributed by atoms with Crippen LogP contribution in [0.25, 0.3) is 0 Å². The number of hydrogen-bond donors (Lipinski definition) is 2. The minimum Gasteiger partial charge on any atom is -0.454 e. The summed E-state index contributed by atoms with van der Waals surface area (Å²) < 4.78 is 35.4. The van der Waals surface area contributed by atoms with Crippen LogP contribution in [-0.4, -0.2) is 31.0 Å². The Morgan fingerprint density at radius 1 is 1.33 bits per heavy atom. The van der Waals surface area contributed by atoms with Gasteiger partial charge in [0, 0.05) is 17.6 Å². The number of alkyl halides is 2. The van der Waals surface area contributed by atoms with Crippen LogP contribution < -0.4 is 14.8 Å². The van der Waals surface area contributed by atoms with E-state index in [0.29, 0.717) is 18.0 Å². The van der Waals surface area contributed by atoms with E-state index in [0.717, 1.165) is 10.0 Å². The minimum atomic E-state index is -2.74. The van der Waals surface area contributed by atoms with Crippen molar-refractivity contribution in [1.29, 1.82) is 0 Å². The fraction of sp³-hybridized carbons (Fsp3) is 0.455. The largest absolute Gasteiger partial charge is 0.454 e. The van der Waals surface area contributed by atoms with Crippen molar-refractivity contribution < 1.29 is 23.4 Å². The highest BCUT2D eigenvalue weighted by Crippen LogP contribution is 2.36. The molecule has 2 N–H and O–H groups in total. The third-order valence-corrected chi connectivity index (χ3v) is 3.24. The highest BCUT2D eigenvalue weighted by atomic mass is 79.9. The molecule has 0 bridgehead atoms. The van der Waals surface area contributed by atoms with E-state index < -0.39 is 12.5 Å². The molecule has 1 heterocycles. The van der Waals surface area contributed by atoms with Gasteiger partial charge in [-0.3, -0.25) is 0 Å². The summed E-state index contributed by atoms with van der Waals surface area (Å²) in [6, 6.07) is 3.54. The first kappa shape index (κ1) is 13.5. The number of ether oxygens (including phenoxy) is 2. The van der Waals surface area contributed by atoms with Gasteiger partial charge in [-0.2, -0.15) is 0 Å². The van der Waals surface area contributed by atoms with Crippen molar-refractivity contribution in [3.05, 3.63) is 22.2 Å². The average Bonchev–Trinajstić information content (AvgIpc) is 2.75. The van der Waals surface area contributed by atoms with Crippen molar-refractivity contribution in [3.8, 4) is 11.5 Å². The molecule has 7 heteroatoms. The lowest BCUT2D eigenvalue weighted by molar-refractivity contribution is -0.00341. The van der Waals surface area contributed by atoms with Crippen molar-refractivity contribution in [2.24, 2.45) is 0 Å². The lowest BCUT2D eigenvalue weighted by Crippen LogP contribution is -2.31. The SMILES string of the molecule is OC(CNCc1cc2c(cc1Br)OCO2)C(F)F. The third-order valence-electron chi connectivity index (χ3n) is 2.50. The second-order valence-corrected chi connectivity index (χ2v) is 4.68. The molecule has 0 saturated carbocycles. The number of nitrogens with one attached hydrogen (secondary N) is 1. The van der Waals surface area contributed by atoms with Crippen LogP contribution in [0.3, 0.4) is 0 Å². The summed E-state index contributed by atoms with van der Waals surface area (Å²) in [4.78, 5) is 0. The van der Waals surface area contributed by atoms with Crippen molar-refractivity contribution in [3.63, 3.8) is 0 Å². The van der Waals surface area contributed by atoms with Crippen LogP contribution in [-0.2, 0) is 6.54 Å². The molecule has 0 amide bonds. The van der Waals surface area contributed by atoms with E-state index >= 15 is 0 Å². The van der Waals surface area contributed by atoms with E-state index in [1.54, 1.807) is 12.1 Å². The number of aliphatic hydroxyl groups is 1. The summed E-state index contributed by atoms with van der Waals surface area (Å²) in [6.07, 6.45) is -4.39. The van der Waals surface area contributed by atoms with Crippen LogP contribution in [0.5, 0.6) is 11.5 Å². The second kappa shape index (κ2) is 5.81. The van der Waals surface area contributed by atoms with Gasteiger partial charge in [-0.15, -0.1) is 0 Å². The molecule has 0 fully saturated rings. The Bertz CT molecular complexity index is 431. The summed E-state index contributed by atoms with van der Waals surface area (Å²) in [5.74, 6) is 1.28. The van der Waals surface area contributed by atoms with Gasteiger partial charge in [0.05, 0.1) is 0 Å². The van der Waals surface area contributed by atoms with Gasteiger partial charge in [0.15, 0.2) is 11.5 Å². The zero-order chi connectivity index (χ0) is 13.1. The van der Waals surface area contributed by atoms with Crippen LogP contribution in [0.1, 0.15) is 5.56 Å². The number of fused-ring (bicyclic) bond motifs is 1. The highest BCUT2D eigenvalue weighted by Gasteiger charge is 2.18. The number of aliphatic hydroxyl groups excluding tert-OH is 1. The summed E-state index contributed by atoms with van der Waals surface area (Å²) in [6.45, 7) is 0.363. The highest BCUT2D eigenvalue weighted by molar-refractivity contribution is 9.10. The molecule has 1 aliphatic rings. The standard InChI is InChI=1S/C11H12BrF2NO3/c12-7-2-10-9(17-5-18-10)1-6(7)3-15-4-8(16)11(13)14/h1-2,8,11,15-16H,3-5H2. The van der Waals surface area contributed by atoms with Crippen LogP contribution in [0.2, 0.25) is 0 Å². The van der Waals surface area contributed by atoms with Crippen molar-refractivity contribution in [2.45, 2.75) is 19.1 Å². The van der Waals surface area contributed by atoms with Gasteiger partial charge in [-0.1, -0.05) is 15.9 Å². The van der Waals surface area contributed by atoms with Crippen LogP contribution in [0, 0.1) is 0 Å². The van der Waals surface area contributed by atoms with E-state index in [9.17, 15) is 8.78 Å². The smallest absolute Gasteiger partial charge is 0.265 e. The maximum atomic E-state index is 12.1. The van der Waals surface area contributed by atoms with Crippen molar-refractivity contribution in [2.75, 3.05) is 13.3 Å². The Morgan fingerprint density at radius 3 is 2.67 bits per heavy atom. The Labute approximate surface area is 111 Å². The number of hydrogen-bond acceptors (Lipinski definition) is 4. The molecule has 0 aliphatic carbocycles. The van der Waals surface area contributed by atoms with E-state index in [1.807, 2.05) is 0 Å². The van der Waals surface area contributed by atoms with E-state index in [2.05, 4.69) is 21.2 Å². The lowest BCUT2D eigenvalue weighted by atomic mass is 10.2. The van der Waals surface area contributed by atoms with Gasteiger partial charge >= 0.3 is 0 Å². The molecule has 0 radical (unpaired) electrons. The van der Waals surface area contributed by atoms with Gasteiger partial charge in [0.2, 0.25) is 6.79 Å². The maximum absolute atomic E-state index is 12.1. The molecule has 1 atom stereocenters. The van der Waals surface area contributed by atoms with Crippen LogP contribution >= 0.6 is 15.9 Å². The molecule has 0 spiro atoms. The van der Waals surface area contributed by atoms with Gasteiger partial charge < -0.3 is 19.9 Å². The molecule has 1 aromatic rings. The molecule has 100 valence electrons. The van der Waals surface area contributed by atoms with E-state index in [-0.39, 0.29) is 13.3 Å². The predicted molar refractivity (Wildman–Crippen MR) is 64.0 cm³/mol. The predicted octanol–water partition coefficient (Wildman–Crippen LogP) is 1.89. The first-order valence-electron chi connectivity index (χ1n) is 5.33. The summed E-state index contributed by atoms with van der Waals surface area (Å²) in [5, 5.41) is 11.7. The van der Waals surface area contributed by atoms with Crippen LogP contribution in [0.15, 0.2) is 16.6 Å². The van der Waals surface area contributed by atoms with E-state index in [4.69, 9.17) is 14.6 Å². The van der Waals surface area contributed by atoms with Gasteiger partial charge in [0.1, 0.15) is 6.10 Å². The van der Waals surface area contributed by atoms with Crippen molar-refractivity contribution >= 4 is 15.9 Å². The molecule has 1 unspecified atom stereocenters. The zero-order valence-corrected chi connectivity index (χ0v) is 10.9. The van der Waals surface area contributed by atoms with Crippen LogP contribution in [0.4, 0.5) is 8.78 Å². The fourth-order valence-electron chi connectivity index (χ4n) is 1.54. The molecule has 18 heavy (non-hydrogen) atoms. The molecular weight excluding hydrogens is 312 g/mol. The average molecular weight is 324 g/mol. The fourth-order valence-corrected chi connectivity index (χ4v) is 2.00. The first-order valence-corrected chi connectivity index (χ1v) is 6.12. The Balaban J connectivity index is 1.94. The Morgan fingerprint density at radius 2 is 2.00 bits per heavy atom. The molecule has 1 aliphatic heterocycles. The number of halogens is 3. The third kappa shape index (κ3) is 3.09. The van der Waals surface area contributed by atoms with Gasteiger partial charge in [0.25, 0.3) is 6.43 Å². The molecule has 0 saturated heterocycles. The quantitative estimate of drug-likeness (QED) is 0.869. The van der Waals surface area contributed by atoms with Crippen molar-refractivity contribution in [1.82, 2.24) is 5.32 Å². The summed E-state index contributed by atoms with van der Waals surface area (Å²) >= 11 is 3.36. The zero-order valence-electron chi connectivity index (χ0n) is 9.33. The molecular formula is C11H12BrF2NO3. The molecule has 4 nitrogen and oxygen atoms in total. The van der Waals surface area contributed by atoms with E-state index in [1.165, 1.54) is 0 Å². The lowest BCUT2D eigenvalue weighted by Gasteiger charge is -2.12. The minimum absolute atomic E-state index is 0.168. The maximum Gasteiger partial charge on any atom is 0.265 e. The topological polar surface area (TPSA) is 50.7 Å². The van der Waals surface area contributed by atoms with Gasteiger partial charge in [-0.25, -0.2) is 8.78 Å². The first-order chi connectivity index (χ1) is 8.58. The Hall–Kier alpha value is -0.920. The second-order valence-electron chi connectivity index (χ2n) is 3.83. The van der Waals surface area contributed by atoms with Gasteiger partial charge in [-0.05, 0) is 17.7 Å². The number of benzene rings is 1. The molecule has 2 rings (SSSR count). The summed E-state index contributed by atoms with van der Waals surface area (Å²) in [7, 11) is 0. The Kier molecular flexibility index (Phi) is 4.36. The summed E-state index contributed by atoms with van der Waals surface area (Å²) in [5.41, 5.74) is 0.848. The molecule has 0 aromatic heterocycles. The molecule has 1 aromatic carbocycles. The monoisotopic (exact) mass is 323 g/mol. The normalized spacial score (nSPS) is 15.2.